The molecule has 2 aromatic rings. The molecule has 8 heteroatoms. The number of anilines is 1. The lowest BCUT2D eigenvalue weighted by molar-refractivity contribution is -0.130. The number of β-amino-alcohol motifs (C(OH)–C–C–N with tert-alkyl or cyclic N) is 1. The first-order valence-electron chi connectivity index (χ1n) is 13.2. The summed E-state index contributed by atoms with van der Waals surface area (Å²) < 4.78 is 20.5. The Morgan fingerprint density at radius 3 is 2.64 bits per heavy atom. The zero-order chi connectivity index (χ0) is 25.3. The molecule has 5 rings (SSSR count). The normalized spacial score (nSPS) is 26.3. The number of nitrogens with zero attached hydrogens (tertiary/aromatic N) is 4. The first kappa shape index (κ1) is 24.9. The number of benzene rings is 1. The van der Waals surface area contributed by atoms with E-state index in [0.717, 1.165) is 42.9 Å². The molecule has 0 spiro atoms. The van der Waals surface area contributed by atoms with E-state index in [4.69, 9.17) is 4.74 Å². The van der Waals surface area contributed by atoms with E-state index in [1.54, 1.807) is 24.0 Å². The van der Waals surface area contributed by atoms with Crippen molar-refractivity contribution < 1.29 is 19.0 Å². The minimum absolute atomic E-state index is 0.000796. The predicted octanol–water partition coefficient (Wildman–Crippen LogP) is 3.77. The van der Waals surface area contributed by atoms with Gasteiger partial charge in [0.1, 0.15) is 11.6 Å². The number of halogens is 1. The third-order valence-corrected chi connectivity index (χ3v) is 8.10. The van der Waals surface area contributed by atoms with Gasteiger partial charge in [-0.05, 0) is 80.9 Å². The third kappa shape index (κ3) is 5.97. The lowest BCUT2D eigenvalue weighted by Crippen LogP contribution is -2.35. The highest BCUT2D eigenvalue weighted by Gasteiger charge is 2.43. The van der Waals surface area contributed by atoms with Crippen molar-refractivity contribution in [3.63, 3.8) is 0 Å². The fraction of sp³-hybridized carbons (Fsp3) is 0.607. The number of ether oxygens (including phenoxy) is 1. The summed E-state index contributed by atoms with van der Waals surface area (Å²) in [6.07, 6.45) is 8.92. The Labute approximate surface area is 212 Å². The molecule has 3 fully saturated rings. The molecule has 1 amide bonds. The Morgan fingerprint density at radius 2 is 1.97 bits per heavy atom. The van der Waals surface area contributed by atoms with E-state index in [1.165, 1.54) is 25.3 Å². The van der Waals surface area contributed by atoms with Gasteiger partial charge in [0, 0.05) is 44.6 Å². The van der Waals surface area contributed by atoms with Crippen LogP contribution in [0, 0.1) is 30.5 Å². The fourth-order valence-electron chi connectivity index (χ4n) is 5.78. The van der Waals surface area contributed by atoms with Crippen molar-refractivity contribution in [1.82, 2.24) is 14.9 Å². The van der Waals surface area contributed by atoms with Gasteiger partial charge in [0.05, 0.1) is 18.6 Å². The number of hydrogen-bond donors (Lipinski definition) is 1. The molecule has 1 aromatic heterocycles. The van der Waals surface area contributed by atoms with E-state index in [-0.39, 0.29) is 12.3 Å². The van der Waals surface area contributed by atoms with E-state index in [0.29, 0.717) is 43.3 Å². The minimum atomic E-state index is -0.847. The van der Waals surface area contributed by atoms with Gasteiger partial charge in [-0.15, -0.1) is 0 Å². The maximum absolute atomic E-state index is 14.6. The van der Waals surface area contributed by atoms with Gasteiger partial charge in [0.25, 0.3) is 0 Å². The van der Waals surface area contributed by atoms with Crippen LogP contribution >= 0.6 is 0 Å². The van der Waals surface area contributed by atoms with Crippen LogP contribution in [0.2, 0.25) is 0 Å². The number of amides is 1. The zero-order valence-corrected chi connectivity index (χ0v) is 21.3. The molecule has 3 aliphatic rings. The van der Waals surface area contributed by atoms with Crippen LogP contribution < -0.4 is 9.64 Å². The molecule has 1 aliphatic carbocycles. The number of rotatable bonds is 8. The average Bonchev–Trinajstić information content (AvgIpc) is 3.54. The Morgan fingerprint density at radius 1 is 1.22 bits per heavy atom. The van der Waals surface area contributed by atoms with Gasteiger partial charge in [-0.25, -0.2) is 14.4 Å². The molecule has 1 N–H and O–H groups in total. The van der Waals surface area contributed by atoms with Crippen LogP contribution in [0.3, 0.4) is 0 Å². The molecular weight excluding hydrogens is 459 g/mol. The molecule has 1 aromatic carbocycles. The minimum Gasteiger partial charge on any atom is -0.493 e. The molecule has 194 valence electrons. The summed E-state index contributed by atoms with van der Waals surface area (Å²) in [5.41, 5.74) is 0.600. The summed E-state index contributed by atoms with van der Waals surface area (Å²) in [5, 5.41) is 10.1. The van der Waals surface area contributed by atoms with Gasteiger partial charge >= 0.3 is 0 Å². The first-order chi connectivity index (χ1) is 17.3. The molecule has 7 nitrogen and oxygen atoms in total. The summed E-state index contributed by atoms with van der Waals surface area (Å²) >= 11 is 0. The smallest absolute Gasteiger partial charge is 0.227 e. The number of likely N-dealkylation sites (tertiary alicyclic amines) is 1. The lowest BCUT2D eigenvalue weighted by Gasteiger charge is -2.32. The van der Waals surface area contributed by atoms with Crippen LogP contribution in [0.4, 0.5) is 10.3 Å². The van der Waals surface area contributed by atoms with Crippen molar-refractivity contribution in [2.24, 2.45) is 17.8 Å². The molecule has 2 aliphatic heterocycles. The van der Waals surface area contributed by atoms with Gasteiger partial charge < -0.3 is 19.6 Å². The number of aromatic nitrogens is 2. The van der Waals surface area contributed by atoms with Gasteiger partial charge in [0.15, 0.2) is 0 Å². The van der Waals surface area contributed by atoms with Crippen LogP contribution in [0.15, 0.2) is 30.6 Å². The van der Waals surface area contributed by atoms with Gasteiger partial charge in [-0.3, -0.25) is 4.79 Å². The molecule has 3 heterocycles. The average molecular weight is 497 g/mol. The van der Waals surface area contributed by atoms with E-state index >= 15 is 0 Å². The number of carbonyl (C=O) groups excluding carboxylic acids is 1. The Hall–Kier alpha value is -2.74. The van der Waals surface area contributed by atoms with Crippen LogP contribution in [-0.4, -0.2) is 64.3 Å². The van der Waals surface area contributed by atoms with Crippen LogP contribution in [0.5, 0.6) is 5.75 Å². The monoisotopic (exact) mass is 496 g/mol. The first-order valence-corrected chi connectivity index (χ1v) is 13.2. The van der Waals surface area contributed by atoms with Gasteiger partial charge in [-0.1, -0.05) is 6.07 Å². The number of aliphatic hydroxyl groups is 1. The van der Waals surface area contributed by atoms with Crippen molar-refractivity contribution in [3.8, 4) is 5.75 Å². The van der Waals surface area contributed by atoms with Crippen LogP contribution in [0.25, 0.3) is 0 Å². The Bertz CT molecular complexity index is 1070. The second-order valence-corrected chi connectivity index (χ2v) is 11.2. The second kappa shape index (κ2) is 10.3. The highest BCUT2D eigenvalue weighted by atomic mass is 19.1. The van der Waals surface area contributed by atoms with Gasteiger partial charge in [-0.2, -0.15) is 0 Å². The molecular formula is C28H37FN4O3. The second-order valence-electron chi connectivity index (χ2n) is 11.2. The third-order valence-electron chi connectivity index (χ3n) is 8.10. The van der Waals surface area contributed by atoms with E-state index < -0.39 is 11.4 Å². The summed E-state index contributed by atoms with van der Waals surface area (Å²) in [6.45, 7) is 7.15. The summed E-state index contributed by atoms with van der Waals surface area (Å²) in [7, 11) is 0. The number of piperidine rings is 1. The molecule has 0 bridgehead atoms. The maximum atomic E-state index is 14.6. The Balaban J connectivity index is 1.02. The zero-order valence-electron chi connectivity index (χ0n) is 21.3. The van der Waals surface area contributed by atoms with Crippen LogP contribution in [0.1, 0.15) is 50.2 Å². The number of aryl methyl sites for hydroxylation is 1. The quantitative estimate of drug-likeness (QED) is 0.600. The Kier molecular flexibility index (Phi) is 7.15. The number of carbonyl (C=O) groups is 1. The van der Waals surface area contributed by atoms with Crippen molar-refractivity contribution in [2.45, 2.75) is 58.0 Å². The molecule has 2 saturated heterocycles. The van der Waals surface area contributed by atoms with E-state index in [2.05, 4.69) is 14.9 Å². The predicted molar refractivity (Wildman–Crippen MR) is 135 cm³/mol. The van der Waals surface area contributed by atoms with Crippen LogP contribution in [-0.2, 0) is 11.2 Å². The maximum Gasteiger partial charge on any atom is 0.227 e. The summed E-state index contributed by atoms with van der Waals surface area (Å²) in [6, 6.07) is 4.78. The fourth-order valence-corrected chi connectivity index (χ4v) is 5.78. The van der Waals surface area contributed by atoms with Gasteiger partial charge in [0.2, 0.25) is 11.9 Å². The molecule has 3 atom stereocenters. The molecule has 0 radical (unpaired) electrons. The van der Waals surface area contributed by atoms with E-state index in [9.17, 15) is 14.3 Å². The molecule has 1 unspecified atom stereocenters. The SMILES string of the molecule is Cc1cnc(N2CCC([C@H]3C[C@H]3CCOc3ccc(CC(=O)N4CCC(C)(O)C4)c(F)c3)CC2)nc1. The number of hydrogen-bond acceptors (Lipinski definition) is 6. The highest BCUT2D eigenvalue weighted by Crippen LogP contribution is 2.49. The van der Waals surface area contributed by atoms with E-state index in [1.807, 2.05) is 19.3 Å². The lowest BCUT2D eigenvalue weighted by atomic mass is 9.90. The van der Waals surface area contributed by atoms with Crippen molar-refractivity contribution >= 4 is 11.9 Å². The summed E-state index contributed by atoms with van der Waals surface area (Å²) in [4.78, 5) is 25.3. The highest BCUT2D eigenvalue weighted by molar-refractivity contribution is 5.79. The summed E-state index contributed by atoms with van der Waals surface area (Å²) in [5.74, 6) is 2.99. The van der Waals surface area contributed by atoms with Crippen molar-refractivity contribution in [2.75, 3.05) is 37.7 Å². The van der Waals surface area contributed by atoms with Crippen molar-refractivity contribution in [1.29, 1.82) is 0 Å². The largest absolute Gasteiger partial charge is 0.493 e. The molecule has 36 heavy (non-hydrogen) atoms. The standard InChI is InChI=1S/C28H37FN4O3/c1-19-16-30-27(31-17-19)32-9-5-20(6-10-32)24-13-21(24)7-12-36-23-4-3-22(25(29)15-23)14-26(34)33-11-8-28(2,35)18-33/h3-4,15-17,20-21,24,35H,5-14,18H2,1-2H3/t21-,24-,28?/m1/s1. The van der Waals surface area contributed by atoms with Crippen molar-refractivity contribution in [3.05, 3.63) is 47.5 Å². The molecule has 1 saturated carbocycles. The topological polar surface area (TPSA) is 78.8 Å².